The van der Waals surface area contributed by atoms with Crippen LogP contribution in [0.2, 0.25) is 0 Å². The van der Waals surface area contributed by atoms with Crippen LogP contribution in [-0.4, -0.2) is 20.5 Å². The first-order valence-electron chi connectivity index (χ1n) is 10.7. The molecule has 10 heteroatoms. The molecule has 5 atom stereocenters. The van der Waals surface area contributed by atoms with Crippen LogP contribution in [0.5, 0.6) is 0 Å². The molecule has 2 aliphatic rings. The lowest BCUT2D eigenvalue weighted by Gasteiger charge is -2.38. The molecule has 0 spiro atoms. The quantitative estimate of drug-likeness (QED) is 0.239. The summed E-state index contributed by atoms with van der Waals surface area (Å²) in [6.45, 7) is 0. The molecular weight excluding hydrogens is 481 g/mol. The van der Waals surface area contributed by atoms with Crippen molar-refractivity contribution in [1.29, 1.82) is 0 Å². The van der Waals surface area contributed by atoms with E-state index in [9.17, 15) is 24.6 Å². The summed E-state index contributed by atoms with van der Waals surface area (Å²) in [6, 6.07) is 17.3. The maximum Gasteiger partial charge on any atom is 0.282 e. The molecule has 0 saturated heterocycles. The highest BCUT2D eigenvalue weighted by molar-refractivity contribution is 8.00. The van der Waals surface area contributed by atoms with Crippen molar-refractivity contribution in [2.75, 3.05) is 5.32 Å². The van der Waals surface area contributed by atoms with E-state index in [0.29, 0.717) is 11.3 Å². The van der Waals surface area contributed by atoms with E-state index in [1.807, 2.05) is 0 Å². The number of nitrogens with zero attached hydrogens (tertiary/aromatic N) is 2. The predicted octanol–water partition coefficient (Wildman–Crippen LogP) is 6.68. The van der Waals surface area contributed by atoms with Crippen molar-refractivity contribution in [2.24, 2.45) is 5.92 Å². The van der Waals surface area contributed by atoms with E-state index in [4.69, 9.17) is 11.6 Å². The third-order valence-corrected chi connectivity index (χ3v) is 8.69. The molecule has 1 heterocycles. The molecule has 1 saturated carbocycles. The Bertz CT molecular complexity index is 1280. The molecule has 5 rings (SSSR count). The van der Waals surface area contributed by atoms with Crippen molar-refractivity contribution in [1.82, 2.24) is 0 Å². The number of nitro benzene ring substituents is 2. The fourth-order valence-corrected chi connectivity index (χ4v) is 7.03. The third kappa shape index (κ3) is 3.99. The van der Waals surface area contributed by atoms with Gasteiger partial charge in [-0.15, -0.1) is 23.4 Å². The molecule has 7 nitrogen and oxygen atoms in total. The van der Waals surface area contributed by atoms with E-state index in [1.54, 1.807) is 42.5 Å². The zero-order valence-electron chi connectivity index (χ0n) is 17.6. The van der Waals surface area contributed by atoms with Crippen molar-refractivity contribution in [3.05, 3.63) is 104 Å². The molecule has 34 heavy (non-hydrogen) atoms. The Morgan fingerprint density at radius 2 is 1.74 bits per heavy atom. The van der Waals surface area contributed by atoms with Crippen molar-refractivity contribution < 1.29 is 14.2 Å². The van der Waals surface area contributed by atoms with Gasteiger partial charge in [-0.05, 0) is 47.7 Å². The Kier molecular flexibility index (Phi) is 5.91. The number of alkyl halides is 1. The number of anilines is 1. The monoisotopic (exact) mass is 499 g/mol. The number of nitrogens with one attached hydrogen (secondary N) is 1. The lowest BCUT2D eigenvalue weighted by atomic mass is 9.77. The van der Waals surface area contributed by atoms with Gasteiger partial charge in [0.05, 0.1) is 26.2 Å². The molecule has 3 aromatic carbocycles. The lowest BCUT2D eigenvalue weighted by molar-refractivity contribution is -0.387. The van der Waals surface area contributed by atoms with E-state index in [1.165, 1.54) is 36.0 Å². The second-order valence-electron chi connectivity index (χ2n) is 8.45. The Balaban J connectivity index is 1.55. The molecule has 174 valence electrons. The molecule has 0 aromatic heterocycles. The number of hydrogen-bond acceptors (Lipinski definition) is 6. The zero-order valence-corrected chi connectivity index (χ0v) is 19.2. The average Bonchev–Trinajstić information content (AvgIpc) is 3.15. The molecular formula is C24H19ClFN3O4S. The first-order valence-corrected chi connectivity index (χ1v) is 12.0. The van der Waals surface area contributed by atoms with Gasteiger partial charge in [-0.1, -0.05) is 24.3 Å². The standard InChI is InChI=1S/C24H19ClFN3O4S/c25-23-21(34-20-4-2-1-3-19(20)29(32)33)12-17-22(23)16-11-15(28(30)31)9-10-18(16)27-24(17)13-5-7-14(26)8-6-13/h1-11,17,21-24,27H,12H2/t17-,21+,22+,23-,24+/m1/s1. The molecule has 0 radical (unpaired) electrons. The number of para-hydroxylation sites is 1. The fourth-order valence-electron chi connectivity index (χ4n) is 5.09. The van der Waals surface area contributed by atoms with E-state index >= 15 is 0 Å². The fraction of sp³-hybridized carbons (Fsp3) is 0.250. The molecule has 3 aromatic rings. The Labute approximate surface area is 203 Å². The number of benzene rings is 3. The van der Waals surface area contributed by atoms with Crippen LogP contribution in [0.25, 0.3) is 0 Å². The van der Waals surface area contributed by atoms with Crippen LogP contribution in [0.4, 0.5) is 21.5 Å². The highest BCUT2D eigenvalue weighted by atomic mass is 35.5. The van der Waals surface area contributed by atoms with E-state index in [-0.39, 0.29) is 40.3 Å². The van der Waals surface area contributed by atoms with Gasteiger partial charge in [-0.2, -0.15) is 0 Å². The number of rotatable bonds is 5. The minimum absolute atomic E-state index is 0.0156. The lowest BCUT2D eigenvalue weighted by Crippen LogP contribution is -2.31. The molecule has 1 fully saturated rings. The normalized spacial score (nSPS) is 25.2. The summed E-state index contributed by atoms with van der Waals surface area (Å²) in [6.07, 6.45) is 0.632. The first-order chi connectivity index (χ1) is 16.3. The van der Waals surface area contributed by atoms with Crippen molar-refractivity contribution in [2.45, 2.75) is 33.9 Å². The molecule has 0 unspecified atom stereocenters. The second kappa shape index (κ2) is 8.88. The van der Waals surface area contributed by atoms with Gasteiger partial charge >= 0.3 is 0 Å². The molecule has 0 amide bonds. The summed E-state index contributed by atoms with van der Waals surface area (Å²) in [5.74, 6) is -0.588. The summed E-state index contributed by atoms with van der Waals surface area (Å²) in [7, 11) is 0. The maximum atomic E-state index is 13.6. The van der Waals surface area contributed by atoms with Gasteiger partial charge in [-0.25, -0.2) is 4.39 Å². The van der Waals surface area contributed by atoms with E-state index in [0.717, 1.165) is 16.8 Å². The number of halogens is 2. The molecule has 0 bridgehead atoms. The number of hydrogen-bond donors (Lipinski definition) is 1. The maximum absolute atomic E-state index is 13.6. The van der Waals surface area contributed by atoms with Crippen LogP contribution >= 0.6 is 23.4 Å². The summed E-state index contributed by atoms with van der Waals surface area (Å²) < 4.78 is 13.6. The molecule has 1 aliphatic heterocycles. The van der Waals surface area contributed by atoms with E-state index in [2.05, 4.69) is 5.32 Å². The van der Waals surface area contributed by atoms with Gasteiger partial charge in [0.2, 0.25) is 0 Å². The number of fused-ring (bicyclic) bond motifs is 3. The minimum Gasteiger partial charge on any atom is -0.378 e. The summed E-state index contributed by atoms with van der Waals surface area (Å²) in [5, 5.41) is 25.9. The van der Waals surface area contributed by atoms with Gasteiger partial charge in [0, 0.05) is 35.1 Å². The van der Waals surface area contributed by atoms with Crippen LogP contribution in [0.3, 0.4) is 0 Å². The number of thioether (sulfide) groups is 1. The average molecular weight is 500 g/mol. The number of non-ortho nitro benzene ring substituents is 1. The van der Waals surface area contributed by atoms with Crippen LogP contribution in [0.1, 0.15) is 29.5 Å². The minimum atomic E-state index is -0.431. The van der Waals surface area contributed by atoms with Crippen LogP contribution in [-0.2, 0) is 0 Å². The van der Waals surface area contributed by atoms with Crippen molar-refractivity contribution in [3.63, 3.8) is 0 Å². The van der Waals surface area contributed by atoms with Crippen LogP contribution in [0, 0.1) is 32.0 Å². The SMILES string of the molecule is O=[N+]([O-])c1ccc2c(c1)[C@@H]1[C@H](Cl)[C@@H](Sc3ccccc3[N+](=O)[O-])C[C@H]1[C@H](c1ccc(F)cc1)N2. The van der Waals surface area contributed by atoms with Gasteiger partial charge in [0.1, 0.15) is 5.82 Å². The van der Waals surface area contributed by atoms with Crippen molar-refractivity contribution in [3.8, 4) is 0 Å². The smallest absolute Gasteiger partial charge is 0.282 e. The van der Waals surface area contributed by atoms with Gasteiger partial charge < -0.3 is 5.32 Å². The second-order valence-corrected chi connectivity index (χ2v) is 10.2. The first kappa shape index (κ1) is 22.6. The van der Waals surface area contributed by atoms with Gasteiger partial charge in [0.25, 0.3) is 11.4 Å². The van der Waals surface area contributed by atoms with Crippen LogP contribution in [0.15, 0.2) is 71.6 Å². The zero-order chi connectivity index (χ0) is 24.0. The van der Waals surface area contributed by atoms with Crippen molar-refractivity contribution >= 4 is 40.4 Å². The Morgan fingerprint density at radius 3 is 2.44 bits per heavy atom. The molecule has 1 N–H and O–H groups in total. The van der Waals surface area contributed by atoms with Crippen LogP contribution < -0.4 is 5.32 Å². The Hall–Kier alpha value is -3.17. The summed E-state index contributed by atoms with van der Waals surface area (Å²) in [4.78, 5) is 22.6. The highest BCUT2D eigenvalue weighted by Crippen LogP contribution is 2.58. The Morgan fingerprint density at radius 1 is 1.00 bits per heavy atom. The topological polar surface area (TPSA) is 98.3 Å². The summed E-state index contributed by atoms with van der Waals surface area (Å²) >= 11 is 8.39. The third-order valence-electron chi connectivity index (χ3n) is 6.58. The number of nitro groups is 2. The van der Waals surface area contributed by atoms with E-state index < -0.39 is 15.2 Å². The van der Waals surface area contributed by atoms with Gasteiger partial charge in [0.15, 0.2) is 0 Å². The summed E-state index contributed by atoms with van der Waals surface area (Å²) in [5.41, 5.74) is 2.42. The van der Waals surface area contributed by atoms with Gasteiger partial charge in [-0.3, -0.25) is 20.2 Å². The molecule has 1 aliphatic carbocycles. The highest BCUT2D eigenvalue weighted by Gasteiger charge is 2.50. The predicted molar refractivity (Wildman–Crippen MR) is 129 cm³/mol. The largest absolute Gasteiger partial charge is 0.378 e.